The molecule has 2 aromatic rings. The van der Waals surface area contributed by atoms with Crippen molar-refractivity contribution in [3.05, 3.63) is 47.3 Å². The normalized spacial score (nSPS) is 17.0. The molecule has 0 aliphatic carbocycles. The highest BCUT2D eigenvalue weighted by Crippen LogP contribution is 2.36. The van der Waals surface area contributed by atoms with Crippen LogP contribution in [0.25, 0.3) is 5.57 Å². The number of hydrogen-bond acceptors (Lipinski definition) is 4. The summed E-state index contributed by atoms with van der Waals surface area (Å²) in [6, 6.07) is 2.00. The van der Waals surface area contributed by atoms with Gasteiger partial charge in [-0.3, -0.25) is 4.79 Å². The first-order valence-corrected chi connectivity index (χ1v) is 8.94. The van der Waals surface area contributed by atoms with Crippen LogP contribution in [-0.4, -0.2) is 50.6 Å². The SMILES string of the molecule is CCOC(=O)N1CCC(=C2c3ccn(C)c3C(=O)Cn3ccnc32)CC1. The van der Waals surface area contributed by atoms with E-state index in [1.807, 2.05) is 41.6 Å². The molecular weight excluding hydrogens is 332 g/mol. The Labute approximate surface area is 151 Å². The average Bonchev–Trinajstić information content (AvgIpc) is 3.21. The lowest BCUT2D eigenvalue weighted by atomic mass is 9.92. The summed E-state index contributed by atoms with van der Waals surface area (Å²) in [6.45, 7) is 3.74. The molecule has 0 bridgehead atoms. The van der Waals surface area contributed by atoms with Crippen molar-refractivity contribution in [2.45, 2.75) is 26.3 Å². The minimum atomic E-state index is -0.255. The molecule has 7 heteroatoms. The van der Waals surface area contributed by atoms with E-state index in [1.165, 1.54) is 5.57 Å². The Morgan fingerprint density at radius 3 is 2.77 bits per heavy atom. The molecular formula is C19H22N4O3. The number of Topliss-reactive ketones (excluding diaryl/α,β-unsaturated/α-hetero) is 1. The van der Waals surface area contributed by atoms with Gasteiger partial charge >= 0.3 is 6.09 Å². The smallest absolute Gasteiger partial charge is 0.409 e. The van der Waals surface area contributed by atoms with Crippen LogP contribution in [0, 0.1) is 0 Å². The van der Waals surface area contributed by atoms with Gasteiger partial charge in [-0.1, -0.05) is 5.57 Å². The van der Waals surface area contributed by atoms with Gasteiger partial charge < -0.3 is 18.8 Å². The molecule has 1 fully saturated rings. The number of carbonyl (C=O) groups excluding carboxylic acids is 2. The fourth-order valence-electron chi connectivity index (χ4n) is 3.87. The molecule has 0 atom stereocenters. The predicted octanol–water partition coefficient (Wildman–Crippen LogP) is 2.47. The van der Waals surface area contributed by atoms with Crippen LogP contribution in [0.4, 0.5) is 4.79 Å². The Balaban J connectivity index is 1.75. The molecule has 1 amide bonds. The molecule has 7 nitrogen and oxygen atoms in total. The van der Waals surface area contributed by atoms with E-state index in [2.05, 4.69) is 4.98 Å². The van der Waals surface area contributed by atoms with Gasteiger partial charge in [0, 0.05) is 49.9 Å². The highest BCUT2D eigenvalue weighted by Gasteiger charge is 2.30. The van der Waals surface area contributed by atoms with Crippen molar-refractivity contribution in [2.75, 3.05) is 19.7 Å². The van der Waals surface area contributed by atoms with Crippen LogP contribution in [0.5, 0.6) is 0 Å². The number of aromatic nitrogens is 3. The number of imidazole rings is 1. The lowest BCUT2D eigenvalue weighted by molar-refractivity contribution is 0.0964. The number of hydrogen-bond donors (Lipinski definition) is 0. The van der Waals surface area contributed by atoms with Gasteiger partial charge in [0.05, 0.1) is 18.8 Å². The fourth-order valence-corrected chi connectivity index (χ4v) is 3.87. The minimum absolute atomic E-state index is 0.0892. The van der Waals surface area contributed by atoms with Gasteiger partial charge in [-0.05, 0) is 25.8 Å². The zero-order chi connectivity index (χ0) is 18.3. The first kappa shape index (κ1) is 16.6. The molecule has 0 saturated carbocycles. The van der Waals surface area contributed by atoms with Gasteiger partial charge in [0.2, 0.25) is 0 Å². The predicted molar refractivity (Wildman–Crippen MR) is 95.8 cm³/mol. The molecule has 0 radical (unpaired) electrons. The Bertz CT molecular complexity index is 896. The minimum Gasteiger partial charge on any atom is -0.450 e. The Hall–Kier alpha value is -2.83. The van der Waals surface area contributed by atoms with Crippen molar-refractivity contribution >= 4 is 17.4 Å². The number of fused-ring (bicyclic) bond motifs is 2. The van der Waals surface area contributed by atoms with Crippen LogP contribution in [-0.2, 0) is 18.3 Å². The molecule has 26 heavy (non-hydrogen) atoms. The molecule has 0 N–H and O–H groups in total. The Morgan fingerprint density at radius 1 is 1.27 bits per heavy atom. The summed E-state index contributed by atoms with van der Waals surface area (Å²) >= 11 is 0. The van der Waals surface area contributed by atoms with E-state index in [0.717, 1.165) is 35.5 Å². The summed E-state index contributed by atoms with van der Waals surface area (Å²) in [5.41, 5.74) is 3.95. The van der Waals surface area contributed by atoms with Crippen molar-refractivity contribution in [2.24, 2.45) is 7.05 Å². The van der Waals surface area contributed by atoms with Gasteiger partial charge in [0.1, 0.15) is 5.82 Å². The largest absolute Gasteiger partial charge is 0.450 e. The van der Waals surface area contributed by atoms with Crippen LogP contribution in [0.2, 0.25) is 0 Å². The number of rotatable bonds is 1. The maximum absolute atomic E-state index is 12.7. The third-order valence-corrected chi connectivity index (χ3v) is 5.11. The van der Waals surface area contributed by atoms with E-state index in [9.17, 15) is 9.59 Å². The molecule has 136 valence electrons. The molecule has 4 rings (SSSR count). The summed E-state index contributed by atoms with van der Waals surface area (Å²) in [7, 11) is 1.90. The van der Waals surface area contributed by atoms with Crippen molar-refractivity contribution in [3.8, 4) is 0 Å². The molecule has 2 aliphatic rings. The van der Waals surface area contributed by atoms with Crippen molar-refractivity contribution < 1.29 is 14.3 Å². The van der Waals surface area contributed by atoms with Gasteiger partial charge in [-0.2, -0.15) is 0 Å². The quantitative estimate of drug-likeness (QED) is 0.789. The molecule has 2 aromatic heterocycles. The summed E-state index contributed by atoms with van der Waals surface area (Å²) < 4.78 is 8.91. The van der Waals surface area contributed by atoms with Crippen LogP contribution < -0.4 is 0 Å². The summed E-state index contributed by atoms with van der Waals surface area (Å²) in [5.74, 6) is 0.925. The molecule has 4 heterocycles. The fraction of sp³-hybridized carbons (Fsp3) is 0.421. The second kappa shape index (κ2) is 6.48. The number of likely N-dealkylation sites (tertiary alicyclic amines) is 1. The maximum Gasteiger partial charge on any atom is 0.409 e. The number of nitrogens with zero attached hydrogens (tertiary/aromatic N) is 4. The Kier molecular flexibility index (Phi) is 4.14. The number of carbonyl (C=O) groups is 2. The molecule has 0 aromatic carbocycles. The first-order valence-electron chi connectivity index (χ1n) is 8.94. The van der Waals surface area contributed by atoms with Crippen LogP contribution in [0.15, 0.2) is 30.2 Å². The number of ketones is 1. The van der Waals surface area contributed by atoms with E-state index in [1.54, 1.807) is 11.1 Å². The molecule has 2 aliphatic heterocycles. The molecule has 0 unspecified atom stereocenters. The second-order valence-electron chi connectivity index (χ2n) is 6.66. The van der Waals surface area contributed by atoms with Crippen molar-refractivity contribution in [1.29, 1.82) is 0 Å². The number of aryl methyl sites for hydroxylation is 1. The van der Waals surface area contributed by atoms with Gasteiger partial charge in [0.15, 0.2) is 5.78 Å². The van der Waals surface area contributed by atoms with Gasteiger partial charge in [-0.15, -0.1) is 0 Å². The summed E-state index contributed by atoms with van der Waals surface area (Å²) in [6.07, 6.45) is 6.77. The van der Waals surface area contributed by atoms with Crippen LogP contribution in [0.3, 0.4) is 0 Å². The topological polar surface area (TPSA) is 69.4 Å². The van der Waals surface area contributed by atoms with E-state index in [0.29, 0.717) is 26.2 Å². The average molecular weight is 354 g/mol. The zero-order valence-electron chi connectivity index (χ0n) is 15.1. The number of ether oxygens (including phenoxy) is 1. The van der Waals surface area contributed by atoms with E-state index >= 15 is 0 Å². The summed E-state index contributed by atoms with van der Waals surface area (Å²) in [5, 5.41) is 0. The number of amides is 1. The number of piperidine rings is 1. The van der Waals surface area contributed by atoms with Gasteiger partial charge in [-0.25, -0.2) is 9.78 Å². The highest BCUT2D eigenvalue weighted by atomic mass is 16.6. The van der Waals surface area contributed by atoms with E-state index < -0.39 is 0 Å². The van der Waals surface area contributed by atoms with E-state index in [4.69, 9.17) is 4.74 Å². The molecule has 0 spiro atoms. The lowest BCUT2D eigenvalue weighted by Gasteiger charge is -2.29. The first-order chi connectivity index (χ1) is 12.6. The Morgan fingerprint density at radius 2 is 2.04 bits per heavy atom. The summed E-state index contributed by atoms with van der Waals surface area (Å²) in [4.78, 5) is 31.0. The van der Waals surface area contributed by atoms with Gasteiger partial charge in [0.25, 0.3) is 0 Å². The van der Waals surface area contributed by atoms with Crippen LogP contribution in [0.1, 0.15) is 41.6 Å². The van der Waals surface area contributed by atoms with Crippen LogP contribution >= 0.6 is 0 Å². The monoisotopic (exact) mass is 354 g/mol. The van der Waals surface area contributed by atoms with E-state index in [-0.39, 0.29) is 11.9 Å². The second-order valence-corrected chi connectivity index (χ2v) is 6.66. The maximum atomic E-state index is 12.7. The lowest BCUT2D eigenvalue weighted by Crippen LogP contribution is -2.37. The third-order valence-electron chi connectivity index (χ3n) is 5.11. The zero-order valence-corrected chi connectivity index (χ0v) is 15.1. The standard InChI is InChI=1S/C19H22N4O3/c1-3-26-19(25)22-9-4-13(5-10-22)16-14-6-8-21(2)17(14)15(24)12-23-11-7-20-18(16)23/h6-8,11H,3-5,9-10,12H2,1-2H3. The molecule has 1 saturated heterocycles. The highest BCUT2D eigenvalue weighted by molar-refractivity contribution is 6.02. The van der Waals surface area contributed by atoms with Crippen molar-refractivity contribution in [1.82, 2.24) is 19.0 Å². The third kappa shape index (κ3) is 2.64. The van der Waals surface area contributed by atoms with Crippen molar-refractivity contribution in [3.63, 3.8) is 0 Å².